The van der Waals surface area contributed by atoms with E-state index in [-0.39, 0.29) is 11.8 Å². The van der Waals surface area contributed by atoms with E-state index in [2.05, 4.69) is 17.7 Å². The Balaban J connectivity index is 2.32. The van der Waals surface area contributed by atoms with Gasteiger partial charge in [-0.15, -0.1) is 0 Å². The number of benzene rings is 1. The molecule has 16 heavy (non-hydrogen) atoms. The van der Waals surface area contributed by atoms with Crippen LogP contribution in [-0.2, 0) is 16.0 Å². The number of esters is 1. The largest absolute Gasteiger partial charge is 0.467 e. The summed E-state index contributed by atoms with van der Waals surface area (Å²) in [6.45, 7) is 2.05. The summed E-state index contributed by atoms with van der Waals surface area (Å²) in [6, 6.07) is 7.96. The molecule has 0 fully saturated rings. The molecule has 0 saturated heterocycles. The minimum absolute atomic E-state index is 0.136. The fourth-order valence-electron chi connectivity index (χ4n) is 2.57. The summed E-state index contributed by atoms with van der Waals surface area (Å²) < 4.78 is 4.60. The molecule has 3 atom stereocenters. The van der Waals surface area contributed by atoms with Crippen LogP contribution in [0.15, 0.2) is 24.3 Å². The van der Waals surface area contributed by atoms with Crippen molar-refractivity contribution in [2.75, 3.05) is 7.11 Å². The fourth-order valence-corrected chi connectivity index (χ4v) is 2.57. The number of aliphatic hydroxyl groups is 1. The third-order valence-corrected chi connectivity index (χ3v) is 3.35. The van der Waals surface area contributed by atoms with Gasteiger partial charge in [-0.25, -0.2) is 4.79 Å². The van der Waals surface area contributed by atoms with Crippen LogP contribution in [0, 0.1) is 5.92 Å². The molecule has 1 aromatic rings. The van der Waals surface area contributed by atoms with Crippen LogP contribution in [0.1, 0.15) is 24.0 Å². The van der Waals surface area contributed by atoms with Crippen molar-refractivity contribution in [1.29, 1.82) is 0 Å². The molecule has 3 nitrogen and oxygen atoms in total. The number of carbonyl (C=O) groups excluding carboxylic acids is 1. The lowest BCUT2D eigenvalue weighted by Crippen LogP contribution is -2.31. The Labute approximate surface area is 95.0 Å². The number of aliphatic hydroxyl groups excluding tert-OH is 1. The van der Waals surface area contributed by atoms with E-state index in [1.807, 2.05) is 18.2 Å². The maximum absolute atomic E-state index is 11.4. The number of carbonyl (C=O) groups is 1. The zero-order valence-corrected chi connectivity index (χ0v) is 9.51. The Kier molecular flexibility index (Phi) is 2.97. The molecular formula is C13H16O3. The average molecular weight is 220 g/mol. The van der Waals surface area contributed by atoms with Gasteiger partial charge in [0, 0.05) is 5.92 Å². The topological polar surface area (TPSA) is 46.5 Å². The molecule has 0 amide bonds. The lowest BCUT2D eigenvalue weighted by atomic mass is 9.89. The van der Waals surface area contributed by atoms with E-state index in [4.69, 9.17) is 0 Å². The molecule has 1 aliphatic rings. The second kappa shape index (κ2) is 4.26. The maximum Gasteiger partial charge on any atom is 0.335 e. The Hall–Kier alpha value is -1.35. The van der Waals surface area contributed by atoms with E-state index in [1.165, 1.54) is 12.7 Å². The molecule has 86 valence electrons. The van der Waals surface area contributed by atoms with Gasteiger partial charge in [0.1, 0.15) is 0 Å². The second-order valence-corrected chi connectivity index (χ2v) is 4.37. The number of fused-ring (bicyclic) bond motifs is 1. The lowest BCUT2D eigenvalue weighted by molar-refractivity contribution is -0.152. The highest BCUT2D eigenvalue weighted by Crippen LogP contribution is 2.39. The predicted molar refractivity (Wildman–Crippen MR) is 60.1 cm³/mol. The van der Waals surface area contributed by atoms with E-state index in [9.17, 15) is 9.90 Å². The van der Waals surface area contributed by atoms with E-state index < -0.39 is 12.1 Å². The summed E-state index contributed by atoms with van der Waals surface area (Å²) in [6.07, 6.45) is -0.141. The van der Waals surface area contributed by atoms with Gasteiger partial charge in [-0.3, -0.25) is 0 Å². The van der Waals surface area contributed by atoms with Gasteiger partial charge in [-0.05, 0) is 23.5 Å². The van der Waals surface area contributed by atoms with E-state index in [0.717, 1.165) is 12.0 Å². The van der Waals surface area contributed by atoms with Crippen LogP contribution in [-0.4, -0.2) is 24.3 Å². The van der Waals surface area contributed by atoms with Gasteiger partial charge in [0.15, 0.2) is 6.10 Å². The molecule has 1 aromatic carbocycles. The van der Waals surface area contributed by atoms with Gasteiger partial charge in [-0.1, -0.05) is 31.2 Å². The molecule has 0 spiro atoms. The summed E-state index contributed by atoms with van der Waals surface area (Å²) in [5, 5.41) is 9.96. The van der Waals surface area contributed by atoms with Gasteiger partial charge in [-0.2, -0.15) is 0 Å². The standard InChI is InChI=1S/C13H16O3/c1-8-7-9-5-3-4-6-10(9)11(8)12(14)13(15)16-2/h3-6,8,11-12,14H,7H2,1-2H3. The number of methoxy groups -OCH3 is 1. The van der Waals surface area contributed by atoms with Crippen molar-refractivity contribution >= 4 is 5.97 Å². The molecule has 0 bridgehead atoms. The van der Waals surface area contributed by atoms with Crippen LogP contribution < -0.4 is 0 Å². The predicted octanol–water partition coefficient (Wildman–Crippen LogP) is 1.50. The number of hydrogen-bond acceptors (Lipinski definition) is 3. The zero-order valence-electron chi connectivity index (χ0n) is 9.51. The van der Waals surface area contributed by atoms with Crippen molar-refractivity contribution in [1.82, 2.24) is 0 Å². The minimum Gasteiger partial charge on any atom is -0.467 e. The average Bonchev–Trinajstić information content (AvgIpc) is 2.63. The summed E-state index contributed by atoms with van der Waals surface area (Å²) in [5.41, 5.74) is 2.30. The highest BCUT2D eigenvalue weighted by Gasteiger charge is 2.38. The van der Waals surface area contributed by atoms with Gasteiger partial charge >= 0.3 is 5.97 Å². The van der Waals surface area contributed by atoms with E-state index >= 15 is 0 Å². The van der Waals surface area contributed by atoms with Gasteiger partial charge in [0.25, 0.3) is 0 Å². The van der Waals surface area contributed by atoms with Crippen molar-refractivity contribution in [3.05, 3.63) is 35.4 Å². The Morgan fingerprint density at radius 1 is 1.50 bits per heavy atom. The maximum atomic E-state index is 11.4. The summed E-state index contributed by atoms with van der Waals surface area (Å²) >= 11 is 0. The zero-order chi connectivity index (χ0) is 11.7. The number of hydrogen-bond donors (Lipinski definition) is 1. The molecular weight excluding hydrogens is 204 g/mol. The second-order valence-electron chi connectivity index (χ2n) is 4.37. The van der Waals surface area contributed by atoms with Crippen LogP contribution in [0.3, 0.4) is 0 Å². The van der Waals surface area contributed by atoms with Crippen LogP contribution in [0.4, 0.5) is 0 Å². The molecule has 1 N–H and O–H groups in total. The molecule has 2 rings (SSSR count). The fraction of sp³-hybridized carbons (Fsp3) is 0.462. The third kappa shape index (κ3) is 1.71. The summed E-state index contributed by atoms with van der Waals surface area (Å²) in [5.74, 6) is -0.413. The third-order valence-electron chi connectivity index (χ3n) is 3.35. The van der Waals surface area contributed by atoms with Gasteiger partial charge < -0.3 is 9.84 Å². The molecule has 1 aliphatic carbocycles. The van der Waals surface area contributed by atoms with Crippen LogP contribution in [0.25, 0.3) is 0 Å². The van der Waals surface area contributed by atoms with E-state index in [0.29, 0.717) is 0 Å². The summed E-state index contributed by atoms with van der Waals surface area (Å²) in [4.78, 5) is 11.4. The SMILES string of the molecule is COC(=O)C(O)C1c2ccccc2CC1C. The normalized spacial score (nSPS) is 24.9. The molecule has 3 heteroatoms. The minimum atomic E-state index is -1.05. The smallest absolute Gasteiger partial charge is 0.335 e. The quantitative estimate of drug-likeness (QED) is 0.768. The molecule has 0 radical (unpaired) electrons. The lowest BCUT2D eigenvalue weighted by Gasteiger charge is -2.21. The Morgan fingerprint density at radius 3 is 2.88 bits per heavy atom. The number of ether oxygens (including phenoxy) is 1. The van der Waals surface area contributed by atoms with E-state index in [1.54, 1.807) is 0 Å². The number of rotatable bonds is 2. The van der Waals surface area contributed by atoms with Gasteiger partial charge in [0.2, 0.25) is 0 Å². The molecule has 0 saturated carbocycles. The van der Waals surface area contributed by atoms with Gasteiger partial charge in [0.05, 0.1) is 7.11 Å². The first-order valence-corrected chi connectivity index (χ1v) is 5.49. The van der Waals surface area contributed by atoms with Crippen molar-refractivity contribution in [3.8, 4) is 0 Å². The van der Waals surface area contributed by atoms with Crippen LogP contribution >= 0.6 is 0 Å². The molecule has 3 unspecified atom stereocenters. The Morgan fingerprint density at radius 2 is 2.19 bits per heavy atom. The molecule has 0 aliphatic heterocycles. The highest BCUT2D eigenvalue weighted by atomic mass is 16.5. The van der Waals surface area contributed by atoms with Crippen molar-refractivity contribution in [3.63, 3.8) is 0 Å². The molecule has 0 aromatic heterocycles. The van der Waals surface area contributed by atoms with Crippen LogP contribution in [0.2, 0.25) is 0 Å². The first-order chi connectivity index (χ1) is 7.65. The first kappa shape index (κ1) is 11.1. The first-order valence-electron chi connectivity index (χ1n) is 5.49. The van der Waals surface area contributed by atoms with Crippen molar-refractivity contribution in [2.24, 2.45) is 5.92 Å². The Bertz CT molecular complexity index is 400. The highest BCUT2D eigenvalue weighted by molar-refractivity contribution is 5.76. The van der Waals surface area contributed by atoms with Crippen molar-refractivity contribution in [2.45, 2.75) is 25.4 Å². The molecule has 0 heterocycles. The van der Waals surface area contributed by atoms with Crippen LogP contribution in [0.5, 0.6) is 0 Å². The monoisotopic (exact) mass is 220 g/mol. The van der Waals surface area contributed by atoms with Crippen molar-refractivity contribution < 1.29 is 14.6 Å². The summed E-state index contributed by atoms with van der Waals surface area (Å²) in [7, 11) is 1.30.